The van der Waals surface area contributed by atoms with Gasteiger partial charge in [0.25, 0.3) is 0 Å². The molecule has 1 aromatic rings. The van der Waals surface area contributed by atoms with Crippen molar-refractivity contribution in [1.29, 1.82) is 0 Å². The number of aliphatic carboxylic acids is 1. The molecule has 0 radical (unpaired) electrons. The quantitative estimate of drug-likeness (QED) is 0.468. The Labute approximate surface area is 161 Å². The number of nitrogens with one attached hydrogen (secondary N) is 1. The highest BCUT2D eigenvalue weighted by Crippen LogP contribution is 2.49. The Hall–Kier alpha value is -2.15. The van der Waals surface area contributed by atoms with Crippen molar-refractivity contribution in [2.45, 2.75) is 38.5 Å². The fourth-order valence-corrected chi connectivity index (χ4v) is 6.14. The molecule has 0 spiro atoms. The first-order valence-corrected chi connectivity index (χ1v) is 10.3. The first-order chi connectivity index (χ1) is 13.0. The zero-order chi connectivity index (χ0) is 19.1. The number of allylic oxidation sites excluding steroid dienone is 2. The number of carboxylic acids is 1. The maximum absolute atomic E-state index is 13.0. The third-order valence-electron chi connectivity index (χ3n) is 6.09. The van der Waals surface area contributed by atoms with E-state index in [4.69, 9.17) is 4.74 Å². The molecule has 0 aromatic carbocycles. The number of ether oxygens (including phenoxy) is 1. The SMILES string of the molecule is COC(=O)c1c(NC(=O)[C@H]2[C@@H](C(=O)O)[C@H]3C=C[C@@H]2C3)sc2c1CCCCC2. The average Bonchev–Trinajstić information content (AvgIpc) is 3.30. The van der Waals surface area contributed by atoms with E-state index in [2.05, 4.69) is 5.32 Å². The third kappa shape index (κ3) is 3.08. The van der Waals surface area contributed by atoms with Crippen LogP contribution in [-0.2, 0) is 27.2 Å². The minimum Gasteiger partial charge on any atom is -0.481 e. The van der Waals surface area contributed by atoms with Crippen LogP contribution < -0.4 is 5.32 Å². The molecule has 0 aliphatic heterocycles. The van der Waals surface area contributed by atoms with Gasteiger partial charge in [-0.25, -0.2) is 4.79 Å². The number of hydrogen-bond donors (Lipinski definition) is 2. The van der Waals surface area contributed by atoms with Crippen LogP contribution in [-0.4, -0.2) is 30.1 Å². The molecule has 1 fully saturated rings. The van der Waals surface area contributed by atoms with E-state index in [-0.39, 0.29) is 17.7 Å². The van der Waals surface area contributed by atoms with Crippen LogP contribution in [0.15, 0.2) is 12.2 Å². The van der Waals surface area contributed by atoms with Crippen LogP contribution in [0.2, 0.25) is 0 Å². The van der Waals surface area contributed by atoms with Gasteiger partial charge < -0.3 is 15.2 Å². The van der Waals surface area contributed by atoms with Gasteiger partial charge in [0.15, 0.2) is 0 Å². The van der Waals surface area contributed by atoms with Crippen molar-refractivity contribution >= 4 is 34.2 Å². The summed E-state index contributed by atoms with van der Waals surface area (Å²) in [6.45, 7) is 0. The number of carbonyl (C=O) groups is 3. The molecule has 1 aromatic heterocycles. The Kier molecular flexibility index (Phi) is 4.80. The van der Waals surface area contributed by atoms with E-state index in [1.165, 1.54) is 18.4 Å². The number of anilines is 1. The zero-order valence-corrected chi connectivity index (χ0v) is 16.0. The molecule has 2 bridgehead atoms. The van der Waals surface area contributed by atoms with Crippen LogP contribution in [0.5, 0.6) is 0 Å². The molecule has 0 saturated heterocycles. The lowest BCUT2D eigenvalue weighted by molar-refractivity contribution is -0.146. The number of aryl methyl sites for hydroxylation is 1. The second-order valence-electron chi connectivity index (χ2n) is 7.59. The van der Waals surface area contributed by atoms with Crippen molar-refractivity contribution in [3.05, 3.63) is 28.2 Å². The first-order valence-electron chi connectivity index (χ1n) is 9.46. The summed E-state index contributed by atoms with van der Waals surface area (Å²) in [6, 6.07) is 0. The number of carboxylic acid groups (broad SMARTS) is 1. The lowest BCUT2D eigenvalue weighted by Crippen LogP contribution is -2.36. The molecule has 144 valence electrons. The Balaban J connectivity index is 1.64. The third-order valence-corrected chi connectivity index (χ3v) is 7.30. The summed E-state index contributed by atoms with van der Waals surface area (Å²) < 4.78 is 4.97. The van der Waals surface area contributed by atoms with Gasteiger partial charge >= 0.3 is 11.9 Å². The predicted molar refractivity (Wildman–Crippen MR) is 101 cm³/mol. The van der Waals surface area contributed by atoms with E-state index in [9.17, 15) is 19.5 Å². The number of amides is 1. The van der Waals surface area contributed by atoms with Crippen molar-refractivity contribution in [2.24, 2.45) is 23.7 Å². The number of thiophene rings is 1. The molecule has 27 heavy (non-hydrogen) atoms. The van der Waals surface area contributed by atoms with Crippen molar-refractivity contribution in [2.75, 3.05) is 12.4 Å². The number of methoxy groups -OCH3 is 1. The average molecular weight is 389 g/mol. The number of hydrogen-bond acceptors (Lipinski definition) is 5. The molecule has 4 atom stereocenters. The summed E-state index contributed by atoms with van der Waals surface area (Å²) in [5.74, 6) is -3.08. The maximum Gasteiger partial charge on any atom is 0.341 e. The molecule has 1 heterocycles. The van der Waals surface area contributed by atoms with Crippen LogP contribution in [0.25, 0.3) is 0 Å². The van der Waals surface area contributed by atoms with E-state index in [1.54, 1.807) is 0 Å². The van der Waals surface area contributed by atoms with Crippen molar-refractivity contribution in [3.8, 4) is 0 Å². The minimum atomic E-state index is -0.929. The monoisotopic (exact) mass is 389 g/mol. The summed E-state index contributed by atoms with van der Waals surface area (Å²) >= 11 is 1.44. The molecule has 3 aliphatic carbocycles. The summed E-state index contributed by atoms with van der Waals surface area (Å²) in [6.07, 6.45) is 9.50. The van der Waals surface area contributed by atoms with Gasteiger partial charge in [-0.3, -0.25) is 9.59 Å². The van der Waals surface area contributed by atoms with Crippen LogP contribution in [0, 0.1) is 23.7 Å². The highest BCUT2D eigenvalue weighted by Gasteiger charge is 2.51. The van der Waals surface area contributed by atoms with E-state index in [0.29, 0.717) is 17.0 Å². The first kappa shape index (κ1) is 18.2. The second kappa shape index (κ2) is 7.11. The smallest absolute Gasteiger partial charge is 0.341 e. The fraction of sp³-hybridized carbons (Fsp3) is 0.550. The van der Waals surface area contributed by atoms with Gasteiger partial charge in [-0.1, -0.05) is 18.6 Å². The van der Waals surface area contributed by atoms with Gasteiger partial charge in [-0.05, 0) is 49.5 Å². The van der Waals surface area contributed by atoms with Gasteiger partial charge in [0.05, 0.1) is 24.5 Å². The van der Waals surface area contributed by atoms with Crippen LogP contribution in [0.4, 0.5) is 5.00 Å². The number of fused-ring (bicyclic) bond motifs is 3. The van der Waals surface area contributed by atoms with E-state index in [1.807, 2.05) is 12.2 Å². The standard InChI is InChI=1S/C20H23NO5S/c1-26-20(25)16-12-5-3-2-4-6-13(12)27-18(16)21-17(22)14-10-7-8-11(9-10)15(14)19(23)24/h7-8,10-11,14-15H,2-6,9H2,1H3,(H,21,22)(H,23,24)/t10-,11+,14-,15+/m1/s1. The Morgan fingerprint density at radius 3 is 2.52 bits per heavy atom. The lowest BCUT2D eigenvalue weighted by Gasteiger charge is -2.23. The summed E-state index contributed by atoms with van der Waals surface area (Å²) in [7, 11) is 1.34. The Morgan fingerprint density at radius 1 is 1.11 bits per heavy atom. The number of carbonyl (C=O) groups excluding carboxylic acids is 2. The molecule has 0 unspecified atom stereocenters. The molecule has 2 N–H and O–H groups in total. The zero-order valence-electron chi connectivity index (χ0n) is 15.2. The van der Waals surface area contributed by atoms with Gasteiger partial charge in [-0.15, -0.1) is 11.3 Å². The van der Waals surface area contributed by atoms with E-state index in [0.717, 1.165) is 42.5 Å². The minimum absolute atomic E-state index is 0.0459. The van der Waals surface area contributed by atoms with Crippen LogP contribution in [0.3, 0.4) is 0 Å². The maximum atomic E-state index is 13.0. The van der Waals surface area contributed by atoms with Gasteiger partial charge in [0.2, 0.25) is 5.91 Å². The number of esters is 1. The molecule has 4 rings (SSSR count). The molecule has 7 heteroatoms. The predicted octanol–water partition coefficient (Wildman–Crippen LogP) is 3.27. The summed E-state index contributed by atoms with van der Waals surface area (Å²) in [5.41, 5.74) is 1.44. The molecule has 1 saturated carbocycles. The van der Waals surface area contributed by atoms with Crippen molar-refractivity contribution < 1.29 is 24.2 Å². The van der Waals surface area contributed by atoms with Crippen molar-refractivity contribution in [3.63, 3.8) is 0 Å². The molecule has 3 aliphatic rings. The molecular weight excluding hydrogens is 366 g/mol. The summed E-state index contributed by atoms with van der Waals surface area (Å²) in [4.78, 5) is 38.2. The normalized spacial score (nSPS) is 28.5. The molecular formula is C20H23NO5S. The van der Waals surface area contributed by atoms with Crippen LogP contribution in [0.1, 0.15) is 46.5 Å². The molecule has 6 nitrogen and oxygen atoms in total. The second-order valence-corrected chi connectivity index (χ2v) is 8.69. The van der Waals surface area contributed by atoms with Crippen molar-refractivity contribution in [1.82, 2.24) is 0 Å². The van der Waals surface area contributed by atoms with Gasteiger partial charge in [0.1, 0.15) is 5.00 Å². The van der Waals surface area contributed by atoms with Gasteiger partial charge in [0, 0.05) is 4.88 Å². The highest BCUT2D eigenvalue weighted by molar-refractivity contribution is 7.17. The molecule has 1 amide bonds. The highest BCUT2D eigenvalue weighted by atomic mass is 32.1. The van der Waals surface area contributed by atoms with Gasteiger partial charge in [-0.2, -0.15) is 0 Å². The topological polar surface area (TPSA) is 92.7 Å². The number of rotatable bonds is 4. The van der Waals surface area contributed by atoms with E-state index < -0.39 is 23.8 Å². The lowest BCUT2D eigenvalue weighted by atomic mass is 9.82. The summed E-state index contributed by atoms with van der Waals surface area (Å²) in [5, 5.41) is 13.0. The Morgan fingerprint density at radius 2 is 1.81 bits per heavy atom. The van der Waals surface area contributed by atoms with E-state index >= 15 is 0 Å². The Bertz CT molecular complexity index is 827. The van der Waals surface area contributed by atoms with Crippen LogP contribution >= 0.6 is 11.3 Å². The largest absolute Gasteiger partial charge is 0.481 e. The fourth-order valence-electron chi connectivity index (χ4n) is 4.86.